The monoisotopic (exact) mass is 223 g/mol. The van der Waals surface area contributed by atoms with E-state index in [-0.39, 0.29) is 0 Å². The first-order valence-electron chi connectivity index (χ1n) is 6.20. The lowest BCUT2D eigenvalue weighted by Crippen LogP contribution is -2.17. The molecular weight excluding hydrogens is 202 g/mol. The molecule has 4 heteroatoms. The van der Waals surface area contributed by atoms with Gasteiger partial charge in [-0.2, -0.15) is 0 Å². The molecule has 2 N–H and O–H groups in total. The van der Waals surface area contributed by atoms with Crippen molar-refractivity contribution in [1.29, 1.82) is 0 Å². The molecule has 1 fully saturated rings. The number of aryl methyl sites for hydroxylation is 1. The molecule has 2 rings (SSSR count). The summed E-state index contributed by atoms with van der Waals surface area (Å²) in [6.45, 7) is 6.78. The van der Waals surface area contributed by atoms with Crippen molar-refractivity contribution in [3.8, 4) is 0 Å². The van der Waals surface area contributed by atoms with E-state index in [2.05, 4.69) is 23.4 Å². The van der Waals surface area contributed by atoms with Crippen molar-refractivity contribution in [3.05, 3.63) is 11.5 Å². The number of hydrogen-bond acceptors (Lipinski definition) is 3. The molecule has 1 aliphatic rings. The number of ether oxygens (including phenoxy) is 1. The van der Waals surface area contributed by atoms with Gasteiger partial charge >= 0.3 is 0 Å². The summed E-state index contributed by atoms with van der Waals surface area (Å²) in [5.74, 6) is 2.34. The number of nitrogens with zero attached hydrogens (tertiary/aromatic N) is 2. The van der Waals surface area contributed by atoms with Crippen LogP contribution in [0.25, 0.3) is 0 Å². The highest BCUT2D eigenvalue weighted by atomic mass is 16.5. The topological polar surface area (TPSA) is 53.1 Å². The Morgan fingerprint density at radius 3 is 2.81 bits per heavy atom. The summed E-state index contributed by atoms with van der Waals surface area (Å²) in [4.78, 5) is 4.68. The molecule has 1 unspecified atom stereocenters. The number of rotatable bonds is 3. The van der Waals surface area contributed by atoms with E-state index >= 15 is 0 Å². The van der Waals surface area contributed by atoms with Crippen LogP contribution in [0.3, 0.4) is 0 Å². The van der Waals surface area contributed by atoms with Gasteiger partial charge in [-0.15, -0.1) is 0 Å². The summed E-state index contributed by atoms with van der Waals surface area (Å²) < 4.78 is 7.62. The van der Waals surface area contributed by atoms with Crippen LogP contribution in [0.2, 0.25) is 0 Å². The van der Waals surface area contributed by atoms with E-state index < -0.39 is 0 Å². The first-order chi connectivity index (χ1) is 7.77. The molecule has 0 radical (unpaired) electrons. The highest BCUT2D eigenvalue weighted by Crippen LogP contribution is 2.29. The number of aromatic nitrogens is 2. The summed E-state index contributed by atoms with van der Waals surface area (Å²) in [5, 5.41) is 0. The largest absolute Gasteiger partial charge is 0.384 e. The Morgan fingerprint density at radius 1 is 1.50 bits per heavy atom. The fourth-order valence-electron chi connectivity index (χ4n) is 2.41. The molecule has 1 aromatic rings. The van der Waals surface area contributed by atoms with Crippen LogP contribution in [0.4, 0.5) is 5.82 Å². The highest BCUT2D eigenvalue weighted by molar-refractivity contribution is 5.41. The zero-order valence-corrected chi connectivity index (χ0v) is 10.2. The maximum absolute atomic E-state index is 6.17. The van der Waals surface area contributed by atoms with Crippen molar-refractivity contribution in [2.45, 2.75) is 45.6 Å². The molecule has 0 aromatic carbocycles. The Balaban J connectivity index is 2.29. The van der Waals surface area contributed by atoms with Crippen LogP contribution in [0.1, 0.15) is 44.1 Å². The Bertz CT molecular complexity index is 353. The average Bonchev–Trinajstić information content (AvgIpc) is 2.66. The Labute approximate surface area is 96.8 Å². The zero-order chi connectivity index (χ0) is 11.5. The van der Waals surface area contributed by atoms with E-state index in [9.17, 15) is 0 Å². The predicted molar refractivity (Wildman–Crippen MR) is 64.5 cm³/mol. The van der Waals surface area contributed by atoms with Gasteiger partial charge in [-0.1, -0.05) is 6.92 Å². The van der Waals surface area contributed by atoms with Gasteiger partial charge in [0.1, 0.15) is 11.6 Å². The minimum atomic E-state index is 0.395. The minimum Gasteiger partial charge on any atom is -0.384 e. The van der Waals surface area contributed by atoms with Crippen molar-refractivity contribution in [1.82, 2.24) is 9.55 Å². The van der Waals surface area contributed by atoms with Crippen LogP contribution in [0.5, 0.6) is 0 Å². The van der Waals surface area contributed by atoms with E-state index in [1.807, 2.05) is 0 Å². The normalized spacial score (nSPS) is 21.2. The number of hydrogen-bond donors (Lipinski definition) is 1. The Morgan fingerprint density at radius 2 is 2.31 bits per heavy atom. The molecule has 1 aromatic heterocycles. The Hall–Kier alpha value is -1.03. The molecule has 1 aliphatic heterocycles. The predicted octanol–water partition coefficient (Wildman–Crippen LogP) is 1.94. The van der Waals surface area contributed by atoms with Crippen LogP contribution < -0.4 is 5.73 Å². The molecule has 0 aliphatic carbocycles. The van der Waals surface area contributed by atoms with Crippen LogP contribution in [-0.4, -0.2) is 22.8 Å². The van der Waals surface area contributed by atoms with Crippen LogP contribution >= 0.6 is 0 Å². The molecule has 1 atom stereocenters. The fourth-order valence-corrected chi connectivity index (χ4v) is 2.41. The maximum Gasteiger partial charge on any atom is 0.127 e. The number of nitrogen functional groups attached to an aromatic ring is 1. The van der Waals surface area contributed by atoms with Gasteiger partial charge in [-0.3, -0.25) is 0 Å². The van der Waals surface area contributed by atoms with E-state index in [0.29, 0.717) is 5.92 Å². The van der Waals surface area contributed by atoms with E-state index in [1.54, 1.807) is 0 Å². The first-order valence-corrected chi connectivity index (χ1v) is 6.20. The molecule has 4 nitrogen and oxygen atoms in total. The van der Waals surface area contributed by atoms with Gasteiger partial charge in [0.15, 0.2) is 0 Å². The second kappa shape index (κ2) is 4.87. The van der Waals surface area contributed by atoms with Gasteiger partial charge in [0.2, 0.25) is 0 Å². The number of anilines is 1. The SMILES string of the molecule is CCc1nc(C2CCCOC2)c(N)n1CC. The van der Waals surface area contributed by atoms with Crippen molar-refractivity contribution in [3.63, 3.8) is 0 Å². The molecule has 1 saturated heterocycles. The number of nitrogens with two attached hydrogens (primary N) is 1. The minimum absolute atomic E-state index is 0.395. The molecule has 90 valence electrons. The number of imidazole rings is 1. The fraction of sp³-hybridized carbons (Fsp3) is 0.750. The lowest BCUT2D eigenvalue weighted by molar-refractivity contribution is 0.0796. The van der Waals surface area contributed by atoms with Crippen molar-refractivity contribution in [2.24, 2.45) is 0 Å². The molecule has 2 heterocycles. The van der Waals surface area contributed by atoms with Crippen LogP contribution in [0, 0.1) is 0 Å². The second-order valence-corrected chi connectivity index (χ2v) is 4.31. The standard InChI is InChI=1S/C12H21N3O/c1-3-10-14-11(12(13)15(10)4-2)9-6-5-7-16-8-9/h9H,3-8,13H2,1-2H3. The summed E-state index contributed by atoms with van der Waals surface area (Å²) >= 11 is 0. The maximum atomic E-state index is 6.17. The Kier molecular flexibility index (Phi) is 3.49. The van der Waals surface area contributed by atoms with Gasteiger partial charge < -0.3 is 15.0 Å². The van der Waals surface area contributed by atoms with Gasteiger partial charge in [-0.05, 0) is 19.8 Å². The van der Waals surface area contributed by atoms with Crippen LogP contribution in [0.15, 0.2) is 0 Å². The molecular formula is C12H21N3O. The zero-order valence-electron chi connectivity index (χ0n) is 10.2. The molecule has 16 heavy (non-hydrogen) atoms. The van der Waals surface area contributed by atoms with Gasteiger partial charge in [0.25, 0.3) is 0 Å². The quantitative estimate of drug-likeness (QED) is 0.852. The smallest absolute Gasteiger partial charge is 0.127 e. The lowest BCUT2D eigenvalue weighted by Gasteiger charge is -2.20. The third-order valence-electron chi connectivity index (χ3n) is 3.29. The highest BCUT2D eigenvalue weighted by Gasteiger charge is 2.23. The summed E-state index contributed by atoms with van der Waals surface area (Å²) in [5.41, 5.74) is 7.22. The van der Waals surface area contributed by atoms with Crippen molar-refractivity contribution in [2.75, 3.05) is 18.9 Å². The molecule has 0 bridgehead atoms. The molecule has 0 amide bonds. The third kappa shape index (κ3) is 1.94. The van der Waals surface area contributed by atoms with E-state index in [0.717, 1.165) is 56.4 Å². The molecule has 0 spiro atoms. The molecule has 0 saturated carbocycles. The second-order valence-electron chi connectivity index (χ2n) is 4.31. The van der Waals surface area contributed by atoms with Gasteiger partial charge in [0, 0.05) is 25.5 Å². The summed E-state index contributed by atoms with van der Waals surface area (Å²) in [6, 6.07) is 0. The summed E-state index contributed by atoms with van der Waals surface area (Å²) in [7, 11) is 0. The van der Waals surface area contributed by atoms with Crippen molar-refractivity contribution >= 4 is 5.82 Å². The van der Waals surface area contributed by atoms with Crippen molar-refractivity contribution < 1.29 is 4.74 Å². The van der Waals surface area contributed by atoms with Crippen LogP contribution in [-0.2, 0) is 17.7 Å². The summed E-state index contributed by atoms with van der Waals surface area (Å²) in [6.07, 6.45) is 3.20. The van der Waals surface area contributed by atoms with Gasteiger partial charge in [-0.25, -0.2) is 4.98 Å². The third-order valence-corrected chi connectivity index (χ3v) is 3.29. The lowest BCUT2D eigenvalue weighted by atomic mass is 9.98. The van der Waals surface area contributed by atoms with Gasteiger partial charge in [0.05, 0.1) is 12.3 Å². The van der Waals surface area contributed by atoms with E-state index in [4.69, 9.17) is 10.5 Å². The average molecular weight is 223 g/mol. The first kappa shape index (κ1) is 11.5. The van der Waals surface area contributed by atoms with E-state index in [1.165, 1.54) is 0 Å².